The van der Waals surface area contributed by atoms with Crippen LogP contribution in [0, 0.1) is 0 Å². The molecule has 1 heterocycles. The first-order valence-electron chi connectivity index (χ1n) is 6.30. The average Bonchev–Trinajstić information content (AvgIpc) is 2.86. The van der Waals surface area contributed by atoms with Crippen LogP contribution in [0.1, 0.15) is 43.0 Å². The van der Waals surface area contributed by atoms with Crippen molar-refractivity contribution < 1.29 is 9.53 Å². The first kappa shape index (κ1) is 12.5. The molecule has 0 amide bonds. The summed E-state index contributed by atoms with van der Waals surface area (Å²) in [5.41, 5.74) is 1.78. The molecule has 96 valence electrons. The highest BCUT2D eigenvalue weighted by atomic mass is 16.5. The standard InChI is InChI=1S/C13H17N3O2/c1-2-3-4-5-9-18-13(17)10-7-6-8-11-12(10)15-16-14-11/h6-8H,2-5,9H2,1H3,(H,14,15,16). The van der Waals surface area contributed by atoms with E-state index in [1.807, 2.05) is 6.07 Å². The van der Waals surface area contributed by atoms with Gasteiger partial charge in [-0.2, -0.15) is 0 Å². The van der Waals surface area contributed by atoms with E-state index in [1.54, 1.807) is 12.1 Å². The molecular weight excluding hydrogens is 230 g/mol. The number of unbranched alkanes of at least 4 members (excludes halogenated alkanes) is 3. The highest BCUT2D eigenvalue weighted by Gasteiger charge is 2.13. The van der Waals surface area contributed by atoms with E-state index in [-0.39, 0.29) is 5.97 Å². The van der Waals surface area contributed by atoms with Gasteiger partial charge >= 0.3 is 5.97 Å². The molecule has 0 aliphatic heterocycles. The molecule has 2 rings (SSSR count). The van der Waals surface area contributed by atoms with Crippen LogP contribution in [-0.2, 0) is 4.74 Å². The Morgan fingerprint density at radius 2 is 2.22 bits per heavy atom. The fourth-order valence-corrected chi connectivity index (χ4v) is 1.81. The Morgan fingerprint density at radius 1 is 1.33 bits per heavy atom. The van der Waals surface area contributed by atoms with E-state index in [4.69, 9.17) is 4.74 Å². The van der Waals surface area contributed by atoms with Gasteiger partial charge in [0.25, 0.3) is 0 Å². The number of carbonyl (C=O) groups is 1. The topological polar surface area (TPSA) is 67.9 Å². The van der Waals surface area contributed by atoms with Crippen LogP contribution in [0.4, 0.5) is 0 Å². The fourth-order valence-electron chi connectivity index (χ4n) is 1.81. The Balaban J connectivity index is 1.94. The van der Waals surface area contributed by atoms with E-state index >= 15 is 0 Å². The lowest BCUT2D eigenvalue weighted by Gasteiger charge is -2.04. The first-order valence-corrected chi connectivity index (χ1v) is 6.30. The normalized spacial score (nSPS) is 10.7. The minimum absolute atomic E-state index is 0.328. The van der Waals surface area contributed by atoms with Gasteiger partial charge in [-0.05, 0) is 18.6 Å². The maximum Gasteiger partial charge on any atom is 0.340 e. The number of benzene rings is 1. The van der Waals surface area contributed by atoms with Crippen molar-refractivity contribution in [1.82, 2.24) is 15.4 Å². The van der Waals surface area contributed by atoms with E-state index in [1.165, 1.54) is 12.8 Å². The molecule has 5 heteroatoms. The van der Waals surface area contributed by atoms with Gasteiger partial charge in [0, 0.05) is 0 Å². The summed E-state index contributed by atoms with van der Waals surface area (Å²) < 4.78 is 5.23. The molecule has 0 unspecified atom stereocenters. The van der Waals surface area contributed by atoms with Crippen molar-refractivity contribution in [2.24, 2.45) is 0 Å². The minimum atomic E-state index is -0.328. The molecule has 0 saturated heterocycles. The highest BCUT2D eigenvalue weighted by molar-refractivity contribution is 6.01. The highest BCUT2D eigenvalue weighted by Crippen LogP contribution is 2.14. The molecule has 5 nitrogen and oxygen atoms in total. The van der Waals surface area contributed by atoms with Crippen molar-refractivity contribution in [2.75, 3.05) is 6.61 Å². The second kappa shape index (κ2) is 6.14. The minimum Gasteiger partial charge on any atom is -0.462 e. The van der Waals surface area contributed by atoms with Gasteiger partial charge in [-0.3, -0.25) is 5.10 Å². The third kappa shape index (κ3) is 2.85. The number of rotatable bonds is 6. The van der Waals surface area contributed by atoms with Crippen LogP contribution in [0.5, 0.6) is 0 Å². The van der Waals surface area contributed by atoms with E-state index in [9.17, 15) is 4.79 Å². The molecule has 18 heavy (non-hydrogen) atoms. The quantitative estimate of drug-likeness (QED) is 0.629. The number of ether oxygens (including phenoxy) is 1. The lowest BCUT2D eigenvalue weighted by molar-refractivity contribution is 0.0500. The predicted molar refractivity (Wildman–Crippen MR) is 68.3 cm³/mol. The summed E-state index contributed by atoms with van der Waals surface area (Å²) in [6.07, 6.45) is 4.36. The van der Waals surface area contributed by atoms with Crippen molar-refractivity contribution in [1.29, 1.82) is 0 Å². The van der Waals surface area contributed by atoms with Crippen LogP contribution in [0.2, 0.25) is 0 Å². The molecule has 0 bridgehead atoms. The van der Waals surface area contributed by atoms with Crippen molar-refractivity contribution >= 4 is 17.0 Å². The number of hydrogen-bond donors (Lipinski definition) is 1. The summed E-state index contributed by atoms with van der Waals surface area (Å²) >= 11 is 0. The summed E-state index contributed by atoms with van der Waals surface area (Å²) in [6.45, 7) is 2.62. The first-order chi connectivity index (χ1) is 8.83. The van der Waals surface area contributed by atoms with E-state index < -0.39 is 0 Å². The molecule has 0 fully saturated rings. The monoisotopic (exact) mass is 247 g/mol. The van der Waals surface area contributed by atoms with Gasteiger partial charge in [-0.1, -0.05) is 37.5 Å². The Kier molecular flexibility index (Phi) is 4.28. The Bertz CT molecular complexity index is 522. The van der Waals surface area contributed by atoms with Crippen LogP contribution in [0.15, 0.2) is 18.2 Å². The second-order valence-corrected chi connectivity index (χ2v) is 4.21. The van der Waals surface area contributed by atoms with Gasteiger partial charge in [0.05, 0.1) is 17.7 Å². The molecule has 0 saturated carbocycles. The third-order valence-electron chi connectivity index (χ3n) is 2.81. The maximum atomic E-state index is 11.9. The number of H-pyrrole nitrogens is 1. The van der Waals surface area contributed by atoms with Gasteiger partial charge in [0.1, 0.15) is 5.52 Å². The number of aromatic amines is 1. The van der Waals surface area contributed by atoms with Crippen molar-refractivity contribution in [3.05, 3.63) is 23.8 Å². The van der Waals surface area contributed by atoms with Gasteiger partial charge in [-0.15, -0.1) is 5.10 Å². The average molecular weight is 247 g/mol. The van der Waals surface area contributed by atoms with Crippen LogP contribution < -0.4 is 0 Å². The summed E-state index contributed by atoms with van der Waals surface area (Å²) in [6, 6.07) is 5.32. The molecule has 0 aliphatic carbocycles. The molecule has 0 atom stereocenters. The lowest BCUT2D eigenvalue weighted by atomic mass is 10.2. The van der Waals surface area contributed by atoms with Crippen LogP contribution in [-0.4, -0.2) is 28.0 Å². The zero-order chi connectivity index (χ0) is 12.8. The molecular formula is C13H17N3O2. The van der Waals surface area contributed by atoms with Gasteiger partial charge in [0.2, 0.25) is 0 Å². The van der Waals surface area contributed by atoms with Gasteiger partial charge in [-0.25, -0.2) is 4.79 Å². The molecule has 0 aliphatic rings. The summed E-state index contributed by atoms with van der Waals surface area (Å²) in [4.78, 5) is 11.9. The molecule has 0 radical (unpaired) electrons. The SMILES string of the molecule is CCCCCCOC(=O)c1cccc2[nH]nnc12. The van der Waals surface area contributed by atoms with Crippen molar-refractivity contribution in [3.8, 4) is 0 Å². The lowest BCUT2D eigenvalue weighted by Crippen LogP contribution is -2.07. The predicted octanol–water partition coefficient (Wildman–Crippen LogP) is 2.70. The molecule has 2 aromatic rings. The third-order valence-corrected chi connectivity index (χ3v) is 2.81. The van der Waals surface area contributed by atoms with Crippen molar-refractivity contribution in [3.63, 3.8) is 0 Å². The Morgan fingerprint density at radius 3 is 3.06 bits per heavy atom. The number of hydrogen-bond acceptors (Lipinski definition) is 4. The smallest absolute Gasteiger partial charge is 0.340 e. The van der Waals surface area contributed by atoms with E-state index in [0.717, 1.165) is 18.4 Å². The largest absolute Gasteiger partial charge is 0.462 e. The number of nitrogens with zero attached hydrogens (tertiary/aromatic N) is 2. The zero-order valence-corrected chi connectivity index (χ0v) is 10.5. The molecule has 1 aromatic heterocycles. The molecule has 1 aromatic carbocycles. The number of nitrogens with one attached hydrogen (secondary N) is 1. The van der Waals surface area contributed by atoms with E-state index in [2.05, 4.69) is 22.3 Å². The Labute approximate surface area is 106 Å². The zero-order valence-electron chi connectivity index (χ0n) is 10.5. The van der Waals surface area contributed by atoms with E-state index in [0.29, 0.717) is 17.7 Å². The number of aromatic nitrogens is 3. The number of fused-ring (bicyclic) bond motifs is 1. The maximum absolute atomic E-state index is 11.9. The number of carbonyl (C=O) groups excluding carboxylic acids is 1. The van der Waals surface area contributed by atoms with Crippen LogP contribution in [0.25, 0.3) is 11.0 Å². The van der Waals surface area contributed by atoms with Crippen LogP contribution >= 0.6 is 0 Å². The molecule has 1 N–H and O–H groups in total. The summed E-state index contributed by atoms with van der Waals surface area (Å²) in [7, 11) is 0. The summed E-state index contributed by atoms with van der Waals surface area (Å²) in [5.74, 6) is -0.328. The van der Waals surface area contributed by atoms with Crippen LogP contribution in [0.3, 0.4) is 0 Å². The van der Waals surface area contributed by atoms with Gasteiger partial charge in [0.15, 0.2) is 0 Å². The summed E-state index contributed by atoms with van der Waals surface area (Å²) in [5, 5.41) is 10.3. The molecule has 0 spiro atoms. The second-order valence-electron chi connectivity index (χ2n) is 4.21. The van der Waals surface area contributed by atoms with Gasteiger partial charge < -0.3 is 4.74 Å². The number of esters is 1. The van der Waals surface area contributed by atoms with Crippen molar-refractivity contribution in [2.45, 2.75) is 32.6 Å². The Hall–Kier alpha value is -1.91. The fraction of sp³-hybridized carbons (Fsp3) is 0.462.